The van der Waals surface area contributed by atoms with E-state index in [1.165, 1.54) is 60.7 Å². The first-order chi connectivity index (χ1) is 26.3. The summed E-state index contributed by atoms with van der Waals surface area (Å²) < 4.78 is 91.6. The molecule has 0 fully saturated rings. The standard InChI is InChI=1S/2C19H13F3O6/c2*20-19(21,22)18(26)28-16(24)11-7-5-10(6-8-11)9-13-15(23)12-3-1-2-4-14(12)27-17(13)25/h2*1-8,18,23,26H,9H2/t2*18-/m10/s1. The molecule has 0 aliphatic rings. The molecule has 292 valence electrons. The number of carbonyl (C=O) groups is 2. The molecule has 6 aromatic rings. The molecular formula is C38H26F6O12. The number of halogens is 6. The Hall–Kier alpha value is -6.66. The minimum absolute atomic E-state index is 0.00141. The van der Waals surface area contributed by atoms with Crippen LogP contribution in [-0.4, -0.2) is 57.3 Å². The first kappa shape index (κ1) is 40.5. The zero-order valence-electron chi connectivity index (χ0n) is 28.1. The highest BCUT2D eigenvalue weighted by Gasteiger charge is 2.42. The summed E-state index contributed by atoms with van der Waals surface area (Å²) in [7, 11) is 0. The molecule has 4 aromatic carbocycles. The second kappa shape index (κ2) is 16.4. The van der Waals surface area contributed by atoms with Crippen LogP contribution in [0.1, 0.15) is 43.0 Å². The van der Waals surface area contributed by atoms with Gasteiger partial charge in [0, 0.05) is 12.8 Å². The third-order valence-corrected chi connectivity index (χ3v) is 7.89. The van der Waals surface area contributed by atoms with Crippen LogP contribution in [0.15, 0.2) is 115 Å². The molecule has 4 N–H and O–H groups in total. The monoisotopic (exact) mass is 788 g/mol. The van der Waals surface area contributed by atoms with Gasteiger partial charge in [0.15, 0.2) is 0 Å². The van der Waals surface area contributed by atoms with Crippen molar-refractivity contribution in [2.45, 2.75) is 37.8 Å². The maximum absolute atomic E-state index is 12.2. The molecule has 0 saturated carbocycles. The highest BCUT2D eigenvalue weighted by molar-refractivity contribution is 5.90. The average Bonchev–Trinajstić information content (AvgIpc) is 3.15. The van der Waals surface area contributed by atoms with Gasteiger partial charge in [0.05, 0.1) is 33.0 Å². The highest BCUT2D eigenvalue weighted by Crippen LogP contribution is 2.29. The SMILES string of the molecule is O=C(O[C@@H](O)C(F)(F)F)c1ccc(Cc2c(O)c3ccccc3oc2=O)cc1.O=C(O[C@H](O)C(F)(F)F)c1ccc(Cc2c(O)c3ccccc3oc2=O)cc1. The minimum atomic E-state index is -5.09. The van der Waals surface area contributed by atoms with Crippen LogP contribution in [0.4, 0.5) is 26.3 Å². The number of para-hydroxylation sites is 2. The predicted molar refractivity (Wildman–Crippen MR) is 182 cm³/mol. The Labute approximate surface area is 309 Å². The molecule has 12 nitrogen and oxygen atoms in total. The number of alkyl halides is 6. The van der Waals surface area contributed by atoms with E-state index < -0.39 is 48.1 Å². The molecule has 0 radical (unpaired) electrons. The van der Waals surface area contributed by atoms with Crippen molar-refractivity contribution in [3.63, 3.8) is 0 Å². The molecule has 18 heteroatoms. The van der Waals surface area contributed by atoms with Gasteiger partial charge in [0.25, 0.3) is 12.6 Å². The summed E-state index contributed by atoms with van der Waals surface area (Å²) in [6, 6.07) is 23.1. The molecule has 0 spiro atoms. The summed E-state index contributed by atoms with van der Waals surface area (Å²) in [6.07, 6.45) is -16.7. The molecule has 0 bridgehead atoms. The molecule has 0 aliphatic carbocycles. The Morgan fingerprint density at radius 2 is 0.875 bits per heavy atom. The molecule has 0 amide bonds. The molecule has 0 unspecified atom stereocenters. The molecule has 0 saturated heterocycles. The minimum Gasteiger partial charge on any atom is -0.507 e. The van der Waals surface area contributed by atoms with Crippen molar-refractivity contribution < 1.29 is 74.7 Å². The van der Waals surface area contributed by atoms with Gasteiger partial charge in [0.2, 0.25) is 0 Å². The predicted octanol–water partition coefficient (Wildman–Crippen LogP) is 6.25. The summed E-state index contributed by atoms with van der Waals surface area (Å²) in [5.74, 6) is -3.18. The smallest absolute Gasteiger partial charge is 0.452 e. The van der Waals surface area contributed by atoms with Crippen molar-refractivity contribution in [2.75, 3.05) is 0 Å². The van der Waals surface area contributed by atoms with Crippen LogP contribution in [0.3, 0.4) is 0 Å². The summed E-state index contributed by atoms with van der Waals surface area (Å²) >= 11 is 0. The number of hydrogen-bond donors (Lipinski definition) is 4. The van der Waals surface area contributed by atoms with Gasteiger partial charge in [0.1, 0.15) is 22.7 Å². The lowest BCUT2D eigenvalue weighted by atomic mass is 10.0. The van der Waals surface area contributed by atoms with Gasteiger partial charge in [-0.15, -0.1) is 0 Å². The van der Waals surface area contributed by atoms with E-state index in [2.05, 4.69) is 9.47 Å². The Morgan fingerprint density at radius 3 is 1.20 bits per heavy atom. The van der Waals surface area contributed by atoms with Crippen LogP contribution in [0, 0.1) is 0 Å². The fourth-order valence-electron chi connectivity index (χ4n) is 5.05. The van der Waals surface area contributed by atoms with Crippen LogP contribution in [0.2, 0.25) is 0 Å². The Morgan fingerprint density at radius 1 is 0.554 bits per heavy atom. The maximum atomic E-state index is 12.2. The Kier molecular flexibility index (Phi) is 11.8. The maximum Gasteiger partial charge on any atom is 0.452 e. The highest BCUT2D eigenvalue weighted by atomic mass is 19.4. The van der Waals surface area contributed by atoms with E-state index in [0.29, 0.717) is 21.9 Å². The molecule has 0 aliphatic heterocycles. The second-order valence-electron chi connectivity index (χ2n) is 11.8. The van der Waals surface area contributed by atoms with E-state index in [4.69, 9.17) is 19.0 Å². The van der Waals surface area contributed by atoms with E-state index in [1.54, 1.807) is 36.4 Å². The van der Waals surface area contributed by atoms with Gasteiger partial charge in [-0.1, -0.05) is 48.5 Å². The number of aliphatic hydroxyl groups is 2. The average molecular weight is 789 g/mol. The van der Waals surface area contributed by atoms with Gasteiger partial charge in [-0.25, -0.2) is 19.2 Å². The van der Waals surface area contributed by atoms with Crippen molar-refractivity contribution >= 4 is 33.9 Å². The number of benzene rings is 4. The fraction of sp³-hybridized carbons (Fsp3) is 0.158. The largest absolute Gasteiger partial charge is 0.507 e. The Bertz CT molecular complexity index is 2310. The van der Waals surface area contributed by atoms with Crippen molar-refractivity contribution in [3.8, 4) is 11.5 Å². The topological polar surface area (TPSA) is 194 Å². The molecule has 6 rings (SSSR count). The summed E-state index contributed by atoms with van der Waals surface area (Å²) in [4.78, 5) is 47.5. The number of aromatic hydroxyl groups is 2. The van der Waals surface area contributed by atoms with Crippen LogP contribution < -0.4 is 11.3 Å². The van der Waals surface area contributed by atoms with Crippen molar-refractivity contribution in [3.05, 3.63) is 151 Å². The zero-order valence-corrected chi connectivity index (χ0v) is 28.1. The first-order valence-corrected chi connectivity index (χ1v) is 15.9. The normalized spacial score (nSPS) is 12.7. The lowest BCUT2D eigenvalue weighted by molar-refractivity contribution is -0.274. The number of aliphatic hydroxyl groups excluding tert-OH is 2. The summed E-state index contributed by atoms with van der Waals surface area (Å²) in [6.45, 7) is 0. The zero-order chi connectivity index (χ0) is 40.9. The quantitative estimate of drug-likeness (QED) is 0.0587. The van der Waals surface area contributed by atoms with Crippen LogP contribution >= 0.6 is 0 Å². The number of esters is 2. The molecule has 2 aromatic heterocycles. The number of fused-ring (bicyclic) bond motifs is 2. The van der Waals surface area contributed by atoms with Crippen LogP contribution in [0.25, 0.3) is 21.9 Å². The van der Waals surface area contributed by atoms with Crippen molar-refractivity contribution in [2.24, 2.45) is 0 Å². The second-order valence-corrected chi connectivity index (χ2v) is 11.8. The molecular weight excluding hydrogens is 762 g/mol. The van der Waals surface area contributed by atoms with Gasteiger partial charge in [-0.05, 0) is 59.7 Å². The molecule has 56 heavy (non-hydrogen) atoms. The van der Waals surface area contributed by atoms with Crippen LogP contribution in [0.5, 0.6) is 11.5 Å². The lowest BCUT2D eigenvalue weighted by Gasteiger charge is -2.14. The number of rotatable bonds is 8. The van der Waals surface area contributed by atoms with Gasteiger partial charge in [-0.2, -0.15) is 26.3 Å². The van der Waals surface area contributed by atoms with Crippen molar-refractivity contribution in [1.82, 2.24) is 0 Å². The van der Waals surface area contributed by atoms with Gasteiger partial charge in [-0.3, -0.25) is 0 Å². The van der Waals surface area contributed by atoms with E-state index in [9.17, 15) is 55.7 Å². The third-order valence-electron chi connectivity index (χ3n) is 7.89. The van der Waals surface area contributed by atoms with Crippen molar-refractivity contribution in [1.29, 1.82) is 0 Å². The number of carbonyl (C=O) groups excluding carboxylic acids is 2. The molecule has 2 atom stereocenters. The van der Waals surface area contributed by atoms with E-state index in [-0.39, 0.29) is 57.8 Å². The van der Waals surface area contributed by atoms with E-state index in [0.717, 1.165) is 0 Å². The number of ether oxygens (including phenoxy) is 2. The first-order valence-electron chi connectivity index (χ1n) is 15.9. The van der Waals surface area contributed by atoms with E-state index >= 15 is 0 Å². The number of hydrogen-bond acceptors (Lipinski definition) is 12. The van der Waals surface area contributed by atoms with Crippen LogP contribution in [-0.2, 0) is 22.3 Å². The summed E-state index contributed by atoms with van der Waals surface area (Å²) in [5, 5.41) is 38.9. The van der Waals surface area contributed by atoms with Gasteiger partial charge >= 0.3 is 35.5 Å². The molecule has 2 heterocycles. The van der Waals surface area contributed by atoms with E-state index in [1.807, 2.05) is 0 Å². The lowest BCUT2D eigenvalue weighted by Crippen LogP contribution is -2.33. The van der Waals surface area contributed by atoms with Gasteiger partial charge < -0.3 is 38.7 Å². The third kappa shape index (κ3) is 9.52. The fourth-order valence-corrected chi connectivity index (χ4v) is 5.05. The Balaban J connectivity index is 0.000000214. The summed E-state index contributed by atoms with van der Waals surface area (Å²) in [5.41, 5.74) is -0.450.